The Hall–Kier alpha value is -1.77. The summed E-state index contributed by atoms with van der Waals surface area (Å²) in [6.45, 7) is 4.51. The molecule has 1 atom stereocenters. The number of hydrogen-bond donors (Lipinski definition) is 0. The van der Waals surface area contributed by atoms with Crippen molar-refractivity contribution in [3.8, 4) is 5.69 Å². The smallest absolute Gasteiger partial charge is 0.151 e. The fraction of sp³-hybridized carbons (Fsp3) is 0.529. The molecule has 7 nitrogen and oxygen atoms in total. The monoisotopic (exact) mass is 361 g/mol. The summed E-state index contributed by atoms with van der Waals surface area (Å²) in [5, 5.41) is 8.49. The lowest BCUT2D eigenvalue weighted by Crippen LogP contribution is -2.50. The molecule has 0 amide bonds. The Morgan fingerprint density at radius 2 is 1.84 bits per heavy atom. The normalized spacial score (nSPS) is 24.6. The maximum Gasteiger partial charge on any atom is 0.151 e. The molecule has 1 aromatic heterocycles. The second-order valence-corrected chi connectivity index (χ2v) is 9.09. The first kappa shape index (κ1) is 16.7. The molecule has 2 aliphatic heterocycles. The van der Waals surface area contributed by atoms with Crippen LogP contribution in [0.2, 0.25) is 0 Å². The Morgan fingerprint density at radius 3 is 2.52 bits per heavy atom. The van der Waals surface area contributed by atoms with Gasteiger partial charge < -0.3 is 0 Å². The van der Waals surface area contributed by atoms with Gasteiger partial charge >= 0.3 is 0 Å². The third-order valence-corrected chi connectivity index (χ3v) is 6.83. The summed E-state index contributed by atoms with van der Waals surface area (Å²) >= 11 is 0. The number of sulfone groups is 1. The Labute approximate surface area is 148 Å². The highest BCUT2D eigenvalue weighted by Gasteiger charge is 2.33. The van der Waals surface area contributed by atoms with Crippen LogP contribution in [0, 0.1) is 0 Å². The van der Waals surface area contributed by atoms with E-state index >= 15 is 0 Å². The molecule has 0 bridgehead atoms. The van der Waals surface area contributed by atoms with Crippen LogP contribution in [0.3, 0.4) is 0 Å². The van der Waals surface area contributed by atoms with Gasteiger partial charge in [-0.1, -0.05) is 23.4 Å². The van der Waals surface area contributed by atoms with Crippen molar-refractivity contribution in [1.29, 1.82) is 0 Å². The van der Waals surface area contributed by atoms with E-state index in [1.165, 1.54) is 0 Å². The lowest BCUT2D eigenvalue weighted by Gasteiger charge is -2.37. The van der Waals surface area contributed by atoms with Crippen LogP contribution in [-0.2, 0) is 16.4 Å². The van der Waals surface area contributed by atoms with Gasteiger partial charge in [-0.05, 0) is 18.6 Å². The quantitative estimate of drug-likeness (QED) is 0.793. The number of nitrogens with zero attached hydrogens (tertiary/aromatic N) is 5. The summed E-state index contributed by atoms with van der Waals surface area (Å²) in [5.41, 5.74) is 1.97. The number of hydrogen-bond acceptors (Lipinski definition) is 6. The minimum atomic E-state index is -2.81. The maximum absolute atomic E-state index is 11.7. The van der Waals surface area contributed by atoms with Crippen LogP contribution in [-0.4, -0.2) is 76.9 Å². The van der Waals surface area contributed by atoms with E-state index in [0.717, 1.165) is 50.5 Å². The van der Waals surface area contributed by atoms with Gasteiger partial charge in [-0.25, -0.2) is 13.1 Å². The molecule has 2 aliphatic rings. The van der Waals surface area contributed by atoms with Crippen molar-refractivity contribution in [3.63, 3.8) is 0 Å². The summed E-state index contributed by atoms with van der Waals surface area (Å²) in [4.78, 5) is 4.70. The average molecular weight is 361 g/mol. The van der Waals surface area contributed by atoms with Gasteiger partial charge in [0.15, 0.2) is 9.84 Å². The first-order valence-corrected chi connectivity index (χ1v) is 10.5. The molecular weight excluding hydrogens is 338 g/mol. The van der Waals surface area contributed by atoms with Crippen LogP contribution >= 0.6 is 0 Å². The van der Waals surface area contributed by atoms with Crippen molar-refractivity contribution in [3.05, 3.63) is 42.2 Å². The number of aromatic nitrogens is 3. The van der Waals surface area contributed by atoms with Crippen molar-refractivity contribution < 1.29 is 8.42 Å². The van der Waals surface area contributed by atoms with Crippen LogP contribution < -0.4 is 0 Å². The lowest BCUT2D eigenvalue weighted by atomic mass is 10.2. The van der Waals surface area contributed by atoms with E-state index in [1.54, 1.807) is 4.68 Å². The largest absolute Gasteiger partial charge is 0.297 e. The molecule has 4 rings (SSSR count). The summed E-state index contributed by atoms with van der Waals surface area (Å²) in [7, 11) is -2.81. The van der Waals surface area contributed by atoms with Crippen molar-refractivity contribution in [2.45, 2.75) is 19.0 Å². The molecule has 0 N–H and O–H groups in total. The van der Waals surface area contributed by atoms with Crippen LogP contribution in [0.1, 0.15) is 12.1 Å². The van der Waals surface area contributed by atoms with Crippen molar-refractivity contribution in [2.75, 3.05) is 37.7 Å². The topological polar surface area (TPSA) is 71.3 Å². The highest BCUT2D eigenvalue weighted by molar-refractivity contribution is 7.91. The molecule has 0 unspecified atom stereocenters. The Bertz CT molecular complexity index is 813. The van der Waals surface area contributed by atoms with Gasteiger partial charge in [-0.2, -0.15) is 0 Å². The van der Waals surface area contributed by atoms with E-state index < -0.39 is 9.84 Å². The summed E-state index contributed by atoms with van der Waals surface area (Å²) < 4.78 is 25.1. The predicted molar refractivity (Wildman–Crippen MR) is 95.3 cm³/mol. The molecule has 3 heterocycles. The van der Waals surface area contributed by atoms with Gasteiger partial charge in [0.25, 0.3) is 0 Å². The van der Waals surface area contributed by atoms with Crippen LogP contribution in [0.15, 0.2) is 36.5 Å². The molecule has 134 valence electrons. The van der Waals surface area contributed by atoms with Crippen molar-refractivity contribution in [1.82, 2.24) is 24.8 Å². The van der Waals surface area contributed by atoms with Crippen LogP contribution in [0.4, 0.5) is 0 Å². The minimum absolute atomic E-state index is 0.214. The third kappa shape index (κ3) is 3.91. The van der Waals surface area contributed by atoms with Gasteiger partial charge in [0.1, 0.15) is 0 Å². The Balaban J connectivity index is 1.31. The number of para-hydroxylation sites is 1. The Kier molecular flexibility index (Phi) is 4.58. The second-order valence-electron chi connectivity index (χ2n) is 6.86. The molecule has 2 fully saturated rings. The highest BCUT2D eigenvalue weighted by Crippen LogP contribution is 2.19. The van der Waals surface area contributed by atoms with Crippen molar-refractivity contribution >= 4 is 9.84 Å². The fourth-order valence-corrected chi connectivity index (χ4v) is 5.42. The van der Waals surface area contributed by atoms with E-state index in [1.807, 2.05) is 36.5 Å². The Morgan fingerprint density at radius 1 is 1.08 bits per heavy atom. The molecular formula is C17H23N5O2S. The average Bonchev–Trinajstić information content (AvgIpc) is 3.23. The van der Waals surface area contributed by atoms with E-state index in [-0.39, 0.29) is 6.04 Å². The van der Waals surface area contributed by atoms with E-state index in [4.69, 9.17) is 0 Å². The minimum Gasteiger partial charge on any atom is -0.297 e. The summed E-state index contributed by atoms with van der Waals surface area (Å²) in [5.74, 6) is 0.679. The standard InChI is InChI=1S/C17H23N5O2S/c23-25(24)11-6-17(14-25)21-9-7-20(8-10-21)12-15-13-22(19-18-15)16-4-2-1-3-5-16/h1-5,13,17H,6-12,14H2/t17-/m1/s1. The molecule has 8 heteroatoms. The van der Waals surface area contributed by atoms with Crippen LogP contribution in [0.5, 0.6) is 0 Å². The highest BCUT2D eigenvalue weighted by atomic mass is 32.2. The van der Waals surface area contributed by atoms with E-state index in [2.05, 4.69) is 20.1 Å². The van der Waals surface area contributed by atoms with Gasteiger partial charge in [0.05, 0.1) is 29.1 Å². The molecule has 0 radical (unpaired) electrons. The fourth-order valence-electron chi connectivity index (χ4n) is 3.66. The first-order valence-electron chi connectivity index (χ1n) is 8.72. The molecule has 0 spiro atoms. The van der Waals surface area contributed by atoms with Crippen molar-refractivity contribution in [2.24, 2.45) is 0 Å². The van der Waals surface area contributed by atoms with Crippen LogP contribution in [0.25, 0.3) is 5.69 Å². The molecule has 0 aliphatic carbocycles. The van der Waals surface area contributed by atoms with E-state index in [0.29, 0.717) is 11.5 Å². The first-order chi connectivity index (χ1) is 12.1. The second kappa shape index (κ2) is 6.86. The predicted octanol–water partition coefficient (Wildman–Crippen LogP) is 0.572. The number of benzene rings is 1. The van der Waals surface area contributed by atoms with Gasteiger partial charge in [-0.15, -0.1) is 5.10 Å². The zero-order valence-corrected chi connectivity index (χ0v) is 15.0. The molecule has 2 saturated heterocycles. The van der Waals surface area contributed by atoms with Gasteiger partial charge in [0, 0.05) is 38.8 Å². The molecule has 1 aromatic carbocycles. The number of piperazine rings is 1. The summed E-state index contributed by atoms with van der Waals surface area (Å²) in [6, 6.07) is 10.2. The van der Waals surface area contributed by atoms with E-state index in [9.17, 15) is 8.42 Å². The van der Waals surface area contributed by atoms with Gasteiger partial charge in [0.2, 0.25) is 0 Å². The maximum atomic E-state index is 11.7. The zero-order valence-electron chi connectivity index (χ0n) is 14.2. The third-order valence-electron chi connectivity index (χ3n) is 5.08. The molecule has 25 heavy (non-hydrogen) atoms. The molecule has 2 aromatic rings. The SMILES string of the molecule is O=S1(=O)CC[C@@H](N2CCN(Cc3cn(-c4ccccc4)nn3)CC2)C1. The number of rotatable bonds is 4. The van der Waals surface area contributed by atoms with Gasteiger partial charge in [-0.3, -0.25) is 9.80 Å². The summed E-state index contributed by atoms with van der Waals surface area (Å²) in [6.07, 6.45) is 2.76. The zero-order chi connectivity index (χ0) is 17.3. The molecule has 0 saturated carbocycles. The lowest BCUT2D eigenvalue weighted by molar-refractivity contribution is 0.0992.